The molecule has 0 radical (unpaired) electrons. The highest BCUT2D eigenvalue weighted by atomic mass is 15.0. The van der Waals surface area contributed by atoms with Crippen LogP contribution in [0.3, 0.4) is 0 Å². The van der Waals surface area contributed by atoms with Crippen molar-refractivity contribution >= 4 is 39.3 Å². The first-order chi connectivity index (χ1) is 22.8. The SMILES string of the molecule is CCC=Nc1ccc2c3ccccc3n(C3C=C4C(=CC3)c3ccc(CC5(C)C=CC(C6=CC=CCC6)=CC5)cc3C4(C)C)c2c1C. The fraction of sp³-hybridized carbons (Fsp3) is 0.311. The third-order valence-corrected chi connectivity index (χ3v) is 11.2. The van der Waals surface area contributed by atoms with Gasteiger partial charge < -0.3 is 4.57 Å². The Morgan fingerprint density at radius 2 is 1.87 bits per heavy atom. The van der Waals surface area contributed by atoms with Gasteiger partial charge in [0.25, 0.3) is 0 Å². The summed E-state index contributed by atoms with van der Waals surface area (Å²) in [7, 11) is 0. The van der Waals surface area contributed by atoms with Crippen molar-refractivity contribution in [3.63, 3.8) is 0 Å². The van der Waals surface area contributed by atoms with Crippen LogP contribution in [0.2, 0.25) is 0 Å². The standard InChI is InChI=1S/C45H46N2/c1-6-26-46-41-21-20-38-37-14-10-11-15-42(37)47(43(38)30(41)2)34-17-19-36-35-18-16-31(27-39(35)44(3,4)40(36)28-34)29-45(5)24-22-33(23-25-45)32-12-8-7-9-13-32/h7-8,10-12,14-16,18-24,26-28,34H,6,9,13,17,25,29H2,1-5H3. The van der Waals surface area contributed by atoms with E-state index < -0.39 is 0 Å². The summed E-state index contributed by atoms with van der Waals surface area (Å²) in [4.78, 5) is 4.84. The molecule has 0 amide bonds. The van der Waals surface area contributed by atoms with Gasteiger partial charge in [-0.3, -0.25) is 4.99 Å². The van der Waals surface area contributed by atoms with Crippen LogP contribution in [-0.2, 0) is 11.8 Å². The minimum Gasteiger partial charge on any atom is -0.333 e. The molecule has 0 bridgehead atoms. The van der Waals surface area contributed by atoms with Crippen molar-refractivity contribution in [2.75, 3.05) is 0 Å². The second-order valence-electron chi connectivity index (χ2n) is 14.9. The number of benzene rings is 3. The molecular formula is C45H46N2. The predicted molar refractivity (Wildman–Crippen MR) is 202 cm³/mol. The summed E-state index contributed by atoms with van der Waals surface area (Å²) in [6.45, 7) is 11.7. The molecule has 2 heteroatoms. The van der Waals surface area contributed by atoms with Crippen LogP contribution in [-0.4, -0.2) is 10.8 Å². The van der Waals surface area contributed by atoms with Gasteiger partial charge in [0, 0.05) is 27.9 Å². The van der Waals surface area contributed by atoms with Crippen molar-refractivity contribution in [2.45, 2.75) is 84.6 Å². The number of para-hydroxylation sites is 1. The van der Waals surface area contributed by atoms with Crippen LogP contribution < -0.4 is 0 Å². The fourth-order valence-electron chi connectivity index (χ4n) is 8.65. The molecule has 8 rings (SSSR count). The molecule has 0 aliphatic heterocycles. The maximum absolute atomic E-state index is 4.84. The van der Waals surface area contributed by atoms with E-state index in [1.807, 2.05) is 6.21 Å². The normalized spacial score (nSPS) is 23.1. The van der Waals surface area contributed by atoms with Crippen molar-refractivity contribution in [3.8, 4) is 0 Å². The maximum atomic E-state index is 4.84. The number of nitrogens with zero attached hydrogens (tertiary/aromatic N) is 2. The van der Waals surface area contributed by atoms with Gasteiger partial charge in [-0.1, -0.05) is 119 Å². The van der Waals surface area contributed by atoms with Crippen LogP contribution in [0.4, 0.5) is 5.69 Å². The molecule has 2 atom stereocenters. The van der Waals surface area contributed by atoms with Gasteiger partial charge in [-0.2, -0.15) is 0 Å². The number of aryl methyl sites for hydroxylation is 1. The first kappa shape index (κ1) is 29.9. The Labute approximate surface area is 280 Å². The third kappa shape index (κ3) is 4.96. The molecule has 0 saturated carbocycles. The summed E-state index contributed by atoms with van der Waals surface area (Å²) in [5, 5.41) is 2.64. The zero-order valence-electron chi connectivity index (χ0n) is 28.6. The van der Waals surface area contributed by atoms with E-state index in [1.54, 1.807) is 0 Å². The van der Waals surface area contributed by atoms with Crippen LogP contribution in [0.25, 0.3) is 27.4 Å². The summed E-state index contributed by atoms with van der Waals surface area (Å²) in [5.74, 6) is 0. The molecule has 0 spiro atoms. The molecule has 2 nitrogen and oxygen atoms in total. The summed E-state index contributed by atoms with van der Waals surface area (Å²) in [5.41, 5.74) is 15.2. The Morgan fingerprint density at radius 1 is 1.00 bits per heavy atom. The smallest absolute Gasteiger partial charge is 0.0676 e. The van der Waals surface area contributed by atoms with Crippen molar-refractivity contribution in [2.24, 2.45) is 10.4 Å². The Balaban J connectivity index is 1.13. The molecule has 4 aromatic rings. The second-order valence-corrected chi connectivity index (χ2v) is 14.9. The fourth-order valence-corrected chi connectivity index (χ4v) is 8.65. The number of rotatable bonds is 6. The Bertz CT molecular complexity index is 2150. The van der Waals surface area contributed by atoms with Crippen LogP contribution in [0.15, 0.2) is 125 Å². The molecule has 1 aromatic heterocycles. The molecule has 0 fully saturated rings. The van der Waals surface area contributed by atoms with Crippen LogP contribution in [0, 0.1) is 12.3 Å². The number of fused-ring (bicyclic) bond motifs is 6. The van der Waals surface area contributed by atoms with E-state index in [1.165, 1.54) is 66.4 Å². The average Bonchev–Trinajstić information content (AvgIpc) is 3.54. The summed E-state index contributed by atoms with van der Waals surface area (Å²) in [6.07, 6.45) is 27.6. The van der Waals surface area contributed by atoms with Gasteiger partial charge >= 0.3 is 0 Å². The lowest BCUT2D eigenvalue weighted by Crippen LogP contribution is -2.20. The molecule has 2 unspecified atom stereocenters. The first-order valence-corrected chi connectivity index (χ1v) is 17.6. The predicted octanol–water partition coefficient (Wildman–Crippen LogP) is 12.2. The van der Waals surface area contributed by atoms with E-state index in [0.717, 1.165) is 44.2 Å². The third-order valence-electron chi connectivity index (χ3n) is 11.2. The quantitative estimate of drug-likeness (QED) is 0.192. The molecule has 236 valence electrons. The van der Waals surface area contributed by atoms with Crippen molar-refractivity contribution in [1.29, 1.82) is 0 Å². The zero-order valence-corrected chi connectivity index (χ0v) is 28.6. The second kappa shape index (κ2) is 11.4. The molecule has 4 aliphatic rings. The number of allylic oxidation sites excluding steroid dienone is 12. The monoisotopic (exact) mass is 614 g/mol. The average molecular weight is 615 g/mol. The van der Waals surface area contributed by atoms with E-state index in [0.29, 0.717) is 0 Å². The van der Waals surface area contributed by atoms with Gasteiger partial charge in [-0.15, -0.1) is 0 Å². The lowest BCUT2D eigenvalue weighted by Gasteiger charge is -2.30. The van der Waals surface area contributed by atoms with E-state index in [-0.39, 0.29) is 16.9 Å². The molecule has 1 heterocycles. The first-order valence-electron chi connectivity index (χ1n) is 17.6. The van der Waals surface area contributed by atoms with Gasteiger partial charge in [-0.05, 0) is 108 Å². The van der Waals surface area contributed by atoms with Gasteiger partial charge in [0.2, 0.25) is 0 Å². The van der Waals surface area contributed by atoms with Crippen LogP contribution in [0.5, 0.6) is 0 Å². The topological polar surface area (TPSA) is 17.3 Å². The highest BCUT2D eigenvalue weighted by molar-refractivity contribution is 6.10. The Hall–Kier alpha value is -4.43. The maximum Gasteiger partial charge on any atom is 0.0676 e. The van der Waals surface area contributed by atoms with Crippen molar-refractivity contribution in [1.82, 2.24) is 4.57 Å². The van der Waals surface area contributed by atoms with E-state index >= 15 is 0 Å². The molecule has 0 saturated heterocycles. The molecule has 47 heavy (non-hydrogen) atoms. The van der Waals surface area contributed by atoms with Crippen molar-refractivity contribution in [3.05, 3.63) is 142 Å². The molecule has 3 aromatic carbocycles. The van der Waals surface area contributed by atoms with Crippen LogP contribution in [0.1, 0.15) is 88.1 Å². The number of hydrogen-bond acceptors (Lipinski definition) is 1. The lowest BCUT2D eigenvalue weighted by molar-refractivity contribution is 0.425. The van der Waals surface area contributed by atoms with Gasteiger partial charge in [-0.25, -0.2) is 0 Å². The van der Waals surface area contributed by atoms with E-state index in [9.17, 15) is 0 Å². The number of aromatic nitrogens is 1. The summed E-state index contributed by atoms with van der Waals surface area (Å²) in [6, 6.07) is 21.0. The van der Waals surface area contributed by atoms with Gasteiger partial charge in [0.05, 0.1) is 17.2 Å². The van der Waals surface area contributed by atoms with Crippen LogP contribution >= 0.6 is 0 Å². The van der Waals surface area contributed by atoms with Crippen molar-refractivity contribution < 1.29 is 0 Å². The summed E-state index contributed by atoms with van der Waals surface area (Å²) < 4.78 is 2.60. The Morgan fingerprint density at radius 3 is 2.66 bits per heavy atom. The van der Waals surface area contributed by atoms with E-state index in [2.05, 4.69) is 142 Å². The number of hydrogen-bond donors (Lipinski definition) is 0. The number of aliphatic imine (C=N–C) groups is 1. The zero-order chi connectivity index (χ0) is 32.3. The largest absolute Gasteiger partial charge is 0.333 e. The highest BCUT2D eigenvalue weighted by Gasteiger charge is 2.40. The minimum atomic E-state index is -0.0579. The molecule has 4 aliphatic carbocycles. The molecule has 0 N–H and O–H groups in total. The van der Waals surface area contributed by atoms with E-state index in [4.69, 9.17) is 4.99 Å². The van der Waals surface area contributed by atoms with Gasteiger partial charge in [0.1, 0.15) is 0 Å². The van der Waals surface area contributed by atoms with Gasteiger partial charge in [0.15, 0.2) is 0 Å². The summed E-state index contributed by atoms with van der Waals surface area (Å²) >= 11 is 0. The minimum absolute atomic E-state index is 0.0579. The lowest BCUT2D eigenvalue weighted by atomic mass is 9.75. The highest BCUT2D eigenvalue weighted by Crippen LogP contribution is 2.54. The Kier molecular flexibility index (Phi) is 7.24. The molecular weight excluding hydrogens is 569 g/mol.